The summed E-state index contributed by atoms with van der Waals surface area (Å²) in [6, 6.07) is 10.0. The molecule has 2 aliphatic carbocycles. The summed E-state index contributed by atoms with van der Waals surface area (Å²) in [5.41, 5.74) is 1.18. The Morgan fingerprint density at radius 3 is 2.72 bits per heavy atom. The lowest BCUT2D eigenvalue weighted by Gasteiger charge is -2.17. The number of carbonyl (C=O) groups is 2. The summed E-state index contributed by atoms with van der Waals surface area (Å²) in [4.78, 5) is 24.1. The molecule has 4 atom stereocenters. The van der Waals surface area contributed by atoms with Gasteiger partial charge in [0.2, 0.25) is 5.91 Å². The molecule has 0 unspecified atom stereocenters. The first kappa shape index (κ1) is 24.4. The van der Waals surface area contributed by atoms with Crippen molar-refractivity contribution in [1.29, 1.82) is 0 Å². The number of hydrogen-bond donors (Lipinski definition) is 3. The van der Waals surface area contributed by atoms with Crippen LogP contribution in [0.25, 0.3) is 0 Å². The number of hydrogen-bond acceptors (Lipinski definition) is 4. The van der Waals surface area contributed by atoms with Crippen LogP contribution in [0.15, 0.2) is 54.6 Å². The number of rotatable bonds is 13. The fraction of sp³-hybridized carbons (Fsp3) is 0.556. The van der Waals surface area contributed by atoms with Gasteiger partial charge in [-0.3, -0.25) is 9.59 Å². The predicted molar refractivity (Wildman–Crippen MR) is 126 cm³/mol. The van der Waals surface area contributed by atoms with Crippen molar-refractivity contribution >= 4 is 11.7 Å². The molecule has 0 aromatic heterocycles. The summed E-state index contributed by atoms with van der Waals surface area (Å²) in [5, 5.41) is 23.6. The van der Waals surface area contributed by atoms with Crippen LogP contribution in [0.1, 0.15) is 56.9 Å². The number of carbonyl (C=O) groups excluding carboxylic acids is 2. The number of nitrogens with one attached hydrogen (secondary N) is 1. The number of allylic oxidation sites excluding steroid dienone is 3. The molecule has 0 spiro atoms. The van der Waals surface area contributed by atoms with E-state index in [1.165, 1.54) is 18.4 Å². The number of aliphatic hydroxyl groups excluding tert-OH is 2. The minimum absolute atomic E-state index is 0.0368. The van der Waals surface area contributed by atoms with E-state index in [-0.39, 0.29) is 29.9 Å². The van der Waals surface area contributed by atoms with Gasteiger partial charge in [0.15, 0.2) is 0 Å². The van der Waals surface area contributed by atoms with E-state index in [4.69, 9.17) is 0 Å². The maximum atomic E-state index is 12.3. The number of aliphatic hydroxyl groups is 2. The van der Waals surface area contributed by atoms with Crippen molar-refractivity contribution in [2.45, 2.75) is 70.0 Å². The number of Topliss-reactive ketones (excluding diaryl/α,β-unsaturated/α-hetero) is 1. The molecule has 0 saturated heterocycles. The predicted octanol–water partition coefficient (Wildman–Crippen LogP) is 3.75. The number of aryl methyl sites for hydroxylation is 1. The molecule has 1 aromatic rings. The minimum atomic E-state index is -0.642. The van der Waals surface area contributed by atoms with Gasteiger partial charge < -0.3 is 15.5 Å². The number of unbranched alkanes of at least 4 members (excludes halogenated alkanes) is 1. The van der Waals surface area contributed by atoms with Gasteiger partial charge in [0, 0.05) is 31.2 Å². The maximum Gasteiger partial charge on any atom is 0.220 e. The topological polar surface area (TPSA) is 86.6 Å². The van der Waals surface area contributed by atoms with Gasteiger partial charge in [-0.25, -0.2) is 0 Å². The Hall–Kier alpha value is -2.24. The molecular formula is C27H37NO4. The SMILES string of the molecule is O=C(CCC/C=C\C[C@H]1[C@@H](O)CC(=O)[C@@H]1/C=C/[C@@H](O)CCc1ccccc1)NCC1CC1. The Morgan fingerprint density at radius 2 is 1.97 bits per heavy atom. The van der Waals surface area contributed by atoms with Crippen LogP contribution in [0.4, 0.5) is 0 Å². The third-order valence-corrected chi connectivity index (χ3v) is 6.48. The summed E-state index contributed by atoms with van der Waals surface area (Å²) in [5.74, 6) is 0.353. The minimum Gasteiger partial charge on any atom is -0.392 e. The Bertz CT molecular complexity index is 784. The standard InChI is InChI=1S/C27H37NO4/c29-22(15-14-20-8-4-3-5-9-20)16-17-24-23(25(30)18-26(24)31)10-6-1-2-7-11-27(32)28-19-21-12-13-21/h1,3-6,8-9,16-17,21-25,29-30H,2,7,10-15,18-19H2,(H,28,32)/b6-1-,17-16+/t22-,23+,24+,25-/m0/s1. The zero-order chi connectivity index (χ0) is 22.8. The molecule has 0 bridgehead atoms. The van der Waals surface area contributed by atoms with Gasteiger partial charge in [-0.15, -0.1) is 0 Å². The molecular weight excluding hydrogens is 402 g/mol. The highest BCUT2D eigenvalue weighted by Crippen LogP contribution is 2.33. The molecule has 0 heterocycles. The number of ketones is 1. The van der Waals surface area contributed by atoms with Gasteiger partial charge in [-0.2, -0.15) is 0 Å². The van der Waals surface area contributed by atoms with Crippen molar-refractivity contribution in [3.63, 3.8) is 0 Å². The van der Waals surface area contributed by atoms with Gasteiger partial charge in [0.1, 0.15) is 5.78 Å². The van der Waals surface area contributed by atoms with Gasteiger partial charge >= 0.3 is 0 Å². The first-order valence-electron chi connectivity index (χ1n) is 12.1. The highest BCUT2D eigenvalue weighted by atomic mass is 16.3. The van der Waals surface area contributed by atoms with E-state index in [9.17, 15) is 19.8 Å². The Labute approximate surface area is 191 Å². The first-order valence-corrected chi connectivity index (χ1v) is 12.1. The molecule has 174 valence electrons. The largest absolute Gasteiger partial charge is 0.392 e. The Balaban J connectivity index is 1.37. The van der Waals surface area contributed by atoms with Crippen molar-refractivity contribution in [1.82, 2.24) is 5.32 Å². The molecule has 2 fully saturated rings. The molecule has 5 nitrogen and oxygen atoms in total. The van der Waals surface area contributed by atoms with Crippen LogP contribution >= 0.6 is 0 Å². The lowest BCUT2D eigenvalue weighted by atomic mass is 9.90. The van der Waals surface area contributed by atoms with Crippen molar-refractivity contribution in [2.24, 2.45) is 17.8 Å². The van der Waals surface area contributed by atoms with Crippen LogP contribution in [0.3, 0.4) is 0 Å². The summed E-state index contributed by atoms with van der Waals surface area (Å²) in [6.45, 7) is 0.818. The van der Waals surface area contributed by atoms with Crippen molar-refractivity contribution in [2.75, 3.05) is 6.54 Å². The summed E-state index contributed by atoms with van der Waals surface area (Å²) in [6.07, 6.45) is 13.1. The third kappa shape index (κ3) is 8.36. The van der Waals surface area contributed by atoms with E-state index in [0.29, 0.717) is 25.2 Å². The van der Waals surface area contributed by atoms with Gasteiger partial charge in [-0.05, 0) is 56.4 Å². The first-order chi connectivity index (χ1) is 15.5. The molecule has 5 heteroatoms. The second-order valence-corrected chi connectivity index (χ2v) is 9.25. The quantitative estimate of drug-likeness (QED) is 0.323. The molecule has 2 aliphatic rings. The molecule has 0 radical (unpaired) electrons. The smallest absolute Gasteiger partial charge is 0.220 e. The molecule has 1 amide bonds. The zero-order valence-electron chi connectivity index (χ0n) is 18.9. The van der Waals surface area contributed by atoms with Crippen LogP contribution in [0, 0.1) is 17.8 Å². The van der Waals surface area contributed by atoms with E-state index in [0.717, 1.165) is 25.8 Å². The fourth-order valence-electron chi connectivity index (χ4n) is 4.25. The van der Waals surface area contributed by atoms with Crippen LogP contribution in [0.2, 0.25) is 0 Å². The third-order valence-electron chi connectivity index (χ3n) is 6.48. The van der Waals surface area contributed by atoms with Gasteiger partial charge in [0.25, 0.3) is 0 Å². The molecule has 0 aliphatic heterocycles. The van der Waals surface area contributed by atoms with Crippen molar-refractivity contribution < 1.29 is 19.8 Å². The number of amides is 1. The second kappa shape index (κ2) is 12.7. The van der Waals surface area contributed by atoms with E-state index in [2.05, 4.69) is 5.32 Å². The van der Waals surface area contributed by atoms with Crippen molar-refractivity contribution in [3.8, 4) is 0 Å². The average molecular weight is 440 g/mol. The van der Waals surface area contributed by atoms with Gasteiger partial charge in [-0.1, -0.05) is 54.6 Å². The summed E-state index contributed by atoms with van der Waals surface area (Å²) >= 11 is 0. The van der Waals surface area contributed by atoms with Crippen molar-refractivity contribution in [3.05, 3.63) is 60.2 Å². The molecule has 3 N–H and O–H groups in total. The van der Waals surface area contributed by atoms with Crippen LogP contribution in [-0.4, -0.2) is 40.7 Å². The summed E-state index contributed by atoms with van der Waals surface area (Å²) < 4.78 is 0. The molecule has 32 heavy (non-hydrogen) atoms. The van der Waals surface area contributed by atoms with E-state index in [1.54, 1.807) is 12.2 Å². The van der Waals surface area contributed by atoms with E-state index in [1.807, 2.05) is 42.5 Å². The van der Waals surface area contributed by atoms with Crippen LogP contribution < -0.4 is 5.32 Å². The van der Waals surface area contributed by atoms with E-state index < -0.39 is 12.2 Å². The monoisotopic (exact) mass is 439 g/mol. The van der Waals surface area contributed by atoms with Crippen LogP contribution in [0.5, 0.6) is 0 Å². The maximum absolute atomic E-state index is 12.3. The Kier molecular flexibility index (Phi) is 9.69. The zero-order valence-corrected chi connectivity index (χ0v) is 18.9. The average Bonchev–Trinajstić information content (AvgIpc) is 3.58. The summed E-state index contributed by atoms with van der Waals surface area (Å²) in [7, 11) is 0. The molecule has 1 aromatic carbocycles. The highest BCUT2D eigenvalue weighted by Gasteiger charge is 2.39. The fourth-order valence-corrected chi connectivity index (χ4v) is 4.25. The number of benzene rings is 1. The lowest BCUT2D eigenvalue weighted by molar-refractivity contribution is -0.121. The van der Waals surface area contributed by atoms with E-state index >= 15 is 0 Å². The van der Waals surface area contributed by atoms with Gasteiger partial charge in [0.05, 0.1) is 12.2 Å². The molecule has 2 saturated carbocycles. The highest BCUT2D eigenvalue weighted by molar-refractivity contribution is 5.86. The second-order valence-electron chi connectivity index (χ2n) is 9.25. The molecule has 3 rings (SSSR count). The lowest BCUT2D eigenvalue weighted by Crippen LogP contribution is -2.24. The Morgan fingerprint density at radius 1 is 1.19 bits per heavy atom. The normalized spacial score (nSPS) is 24.4. The van der Waals surface area contributed by atoms with Crippen LogP contribution in [-0.2, 0) is 16.0 Å².